The van der Waals surface area contributed by atoms with Gasteiger partial charge in [0, 0.05) is 12.6 Å². The quantitative estimate of drug-likeness (QED) is 0.620. The maximum atomic E-state index is 14.3. The number of sulfonamides is 1. The number of carbonyl (C=O) groups excluding carboxylic acids is 2. The van der Waals surface area contributed by atoms with Gasteiger partial charge in [-0.25, -0.2) is 12.8 Å². The van der Waals surface area contributed by atoms with Crippen LogP contribution in [0.1, 0.15) is 31.9 Å². The molecule has 1 N–H and O–H groups in total. The van der Waals surface area contributed by atoms with Crippen LogP contribution in [0.5, 0.6) is 0 Å². The normalized spacial score (nSPS) is 12.3. The number of aryl methyl sites for hydroxylation is 1. The van der Waals surface area contributed by atoms with Gasteiger partial charge in [0.1, 0.15) is 18.4 Å². The van der Waals surface area contributed by atoms with E-state index in [0.29, 0.717) is 0 Å². The van der Waals surface area contributed by atoms with Crippen LogP contribution in [0.15, 0.2) is 48.5 Å². The Hall–Kier alpha value is -2.94. The van der Waals surface area contributed by atoms with Crippen LogP contribution in [0.3, 0.4) is 0 Å². The van der Waals surface area contributed by atoms with Crippen molar-refractivity contribution < 1.29 is 22.4 Å². The third kappa shape index (κ3) is 6.78. The first-order chi connectivity index (χ1) is 14.9. The van der Waals surface area contributed by atoms with E-state index in [2.05, 4.69) is 5.32 Å². The first-order valence-corrected chi connectivity index (χ1v) is 12.1. The summed E-state index contributed by atoms with van der Waals surface area (Å²) in [6.45, 7) is 6.57. The second-order valence-electron chi connectivity index (χ2n) is 8.07. The number of hydrogen-bond donors (Lipinski definition) is 1. The summed E-state index contributed by atoms with van der Waals surface area (Å²) in [7, 11) is -3.97. The van der Waals surface area contributed by atoms with E-state index in [1.54, 1.807) is 20.8 Å². The van der Waals surface area contributed by atoms with Gasteiger partial charge in [-0.1, -0.05) is 42.0 Å². The van der Waals surface area contributed by atoms with E-state index in [1.807, 2.05) is 31.2 Å². The molecule has 0 saturated heterocycles. The maximum absolute atomic E-state index is 14.3. The lowest BCUT2D eigenvalue weighted by atomic mass is 10.1. The van der Waals surface area contributed by atoms with Crippen LogP contribution in [0.25, 0.3) is 0 Å². The molecule has 0 aliphatic rings. The molecule has 0 radical (unpaired) electrons. The SMILES string of the molecule is Cc1cccc(CN(C(=O)CN(c2ccccc2F)S(C)(=O)=O)[C@@H](C)C(=O)NC(C)C)c1. The van der Waals surface area contributed by atoms with E-state index in [0.717, 1.165) is 27.8 Å². The molecule has 9 heteroatoms. The lowest BCUT2D eigenvalue weighted by Crippen LogP contribution is -2.52. The van der Waals surface area contributed by atoms with Crippen molar-refractivity contribution >= 4 is 27.5 Å². The third-order valence-electron chi connectivity index (χ3n) is 4.83. The summed E-state index contributed by atoms with van der Waals surface area (Å²) in [6.07, 6.45) is 0.909. The average molecular weight is 464 g/mol. The molecule has 0 aliphatic heterocycles. The molecule has 0 saturated carbocycles. The molecule has 0 spiro atoms. The summed E-state index contributed by atoms with van der Waals surface area (Å²) in [5.74, 6) is -1.74. The van der Waals surface area contributed by atoms with Gasteiger partial charge >= 0.3 is 0 Å². The van der Waals surface area contributed by atoms with Crippen LogP contribution in [0.2, 0.25) is 0 Å². The second kappa shape index (κ2) is 10.6. The molecule has 174 valence electrons. The van der Waals surface area contributed by atoms with Gasteiger partial charge in [-0.2, -0.15) is 0 Å². The van der Waals surface area contributed by atoms with Crippen molar-refractivity contribution in [3.63, 3.8) is 0 Å². The Bertz CT molecular complexity index is 1070. The van der Waals surface area contributed by atoms with Crippen LogP contribution in [0.4, 0.5) is 10.1 Å². The molecule has 0 aromatic heterocycles. The molecule has 0 unspecified atom stereocenters. The Morgan fingerprint density at radius 1 is 1.06 bits per heavy atom. The lowest BCUT2D eigenvalue weighted by molar-refractivity contribution is -0.139. The Balaban J connectivity index is 2.40. The van der Waals surface area contributed by atoms with Crippen molar-refractivity contribution in [2.24, 2.45) is 0 Å². The van der Waals surface area contributed by atoms with Crippen LogP contribution < -0.4 is 9.62 Å². The summed E-state index contributed by atoms with van der Waals surface area (Å²) in [5.41, 5.74) is 1.55. The van der Waals surface area contributed by atoms with E-state index in [1.165, 1.54) is 23.1 Å². The van der Waals surface area contributed by atoms with Crippen molar-refractivity contribution in [3.05, 3.63) is 65.5 Å². The fourth-order valence-corrected chi connectivity index (χ4v) is 4.09. The Labute approximate surface area is 189 Å². The molecule has 32 heavy (non-hydrogen) atoms. The van der Waals surface area contributed by atoms with Gasteiger partial charge in [-0.15, -0.1) is 0 Å². The van der Waals surface area contributed by atoms with Crippen molar-refractivity contribution in [2.45, 2.75) is 46.3 Å². The van der Waals surface area contributed by atoms with E-state index >= 15 is 0 Å². The highest BCUT2D eigenvalue weighted by atomic mass is 32.2. The number of amides is 2. The minimum atomic E-state index is -3.97. The summed E-state index contributed by atoms with van der Waals surface area (Å²) in [4.78, 5) is 27.3. The van der Waals surface area contributed by atoms with Crippen molar-refractivity contribution in [1.82, 2.24) is 10.2 Å². The van der Waals surface area contributed by atoms with Gasteiger partial charge in [-0.05, 0) is 45.4 Å². The van der Waals surface area contributed by atoms with Crippen LogP contribution in [0, 0.1) is 12.7 Å². The van der Waals surface area contributed by atoms with E-state index in [4.69, 9.17) is 0 Å². The van der Waals surface area contributed by atoms with Gasteiger partial charge in [0.15, 0.2) is 0 Å². The first kappa shape index (κ1) is 25.3. The standard InChI is InChI=1S/C23H30FN3O4S/c1-16(2)25-23(29)18(4)26(14-19-10-8-9-17(3)13-19)22(28)15-27(32(5,30)31)21-12-7-6-11-20(21)24/h6-13,16,18H,14-15H2,1-5H3,(H,25,29)/t18-/m0/s1. The van der Waals surface area contributed by atoms with Crippen molar-refractivity contribution in [2.75, 3.05) is 17.1 Å². The number of nitrogens with zero attached hydrogens (tertiary/aromatic N) is 2. The zero-order valence-electron chi connectivity index (χ0n) is 19.0. The van der Waals surface area contributed by atoms with Gasteiger partial charge in [-0.3, -0.25) is 13.9 Å². The Kier molecular flexibility index (Phi) is 8.38. The molecule has 2 aromatic carbocycles. The van der Waals surface area contributed by atoms with Gasteiger partial charge in [0.05, 0.1) is 11.9 Å². The molecule has 0 aliphatic carbocycles. The van der Waals surface area contributed by atoms with Crippen molar-refractivity contribution in [3.8, 4) is 0 Å². The van der Waals surface area contributed by atoms with Gasteiger partial charge in [0.2, 0.25) is 21.8 Å². The van der Waals surface area contributed by atoms with Crippen molar-refractivity contribution in [1.29, 1.82) is 0 Å². The predicted octanol–water partition coefficient (Wildman–Crippen LogP) is 2.84. The second-order valence-corrected chi connectivity index (χ2v) is 9.98. The maximum Gasteiger partial charge on any atom is 0.244 e. The first-order valence-electron chi connectivity index (χ1n) is 10.3. The predicted molar refractivity (Wildman–Crippen MR) is 123 cm³/mol. The van der Waals surface area contributed by atoms with E-state index in [-0.39, 0.29) is 24.2 Å². The number of hydrogen-bond acceptors (Lipinski definition) is 4. The fourth-order valence-electron chi connectivity index (χ4n) is 3.24. The topological polar surface area (TPSA) is 86.8 Å². The van der Waals surface area contributed by atoms with E-state index < -0.39 is 34.3 Å². The van der Waals surface area contributed by atoms with Gasteiger partial charge < -0.3 is 10.2 Å². The molecule has 2 amide bonds. The average Bonchev–Trinajstić information content (AvgIpc) is 2.69. The largest absolute Gasteiger partial charge is 0.352 e. The molecule has 2 rings (SSSR count). The summed E-state index contributed by atoms with van der Waals surface area (Å²) < 4.78 is 39.9. The van der Waals surface area contributed by atoms with E-state index in [9.17, 15) is 22.4 Å². The van der Waals surface area contributed by atoms with Crippen LogP contribution in [-0.4, -0.2) is 50.0 Å². The van der Waals surface area contributed by atoms with Gasteiger partial charge in [0.25, 0.3) is 0 Å². The molecule has 0 heterocycles. The number of anilines is 1. The summed E-state index contributed by atoms with van der Waals surface area (Å²) >= 11 is 0. The summed E-state index contributed by atoms with van der Waals surface area (Å²) in [6, 6.07) is 11.8. The third-order valence-corrected chi connectivity index (χ3v) is 5.96. The Morgan fingerprint density at radius 3 is 2.28 bits per heavy atom. The zero-order valence-corrected chi connectivity index (χ0v) is 19.8. The molecule has 2 aromatic rings. The molecule has 0 fully saturated rings. The fraction of sp³-hybridized carbons (Fsp3) is 0.391. The number of benzene rings is 2. The minimum absolute atomic E-state index is 0.0993. The zero-order chi connectivity index (χ0) is 24.1. The minimum Gasteiger partial charge on any atom is -0.352 e. The number of para-hydroxylation sites is 1. The van der Waals surface area contributed by atoms with Crippen LogP contribution >= 0.6 is 0 Å². The Morgan fingerprint density at radius 2 is 1.72 bits per heavy atom. The molecule has 1 atom stereocenters. The summed E-state index contributed by atoms with van der Waals surface area (Å²) in [5, 5.41) is 2.77. The molecule has 7 nitrogen and oxygen atoms in total. The smallest absolute Gasteiger partial charge is 0.244 e. The molecular weight excluding hydrogens is 433 g/mol. The molecular formula is C23H30FN3O4S. The number of halogens is 1. The number of carbonyl (C=O) groups is 2. The number of nitrogens with one attached hydrogen (secondary N) is 1. The van der Waals surface area contributed by atoms with Crippen LogP contribution in [-0.2, 0) is 26.2 Å². The monoisotopic (exact) mass is 463 g/mol. The number of rotatable bonds is 9. The lowest BCUT2D eigenvalue weighted by Gasteiger charge is -2.32. The highest BCUT2D eigenvalue weighted by molar-refractivity contribution is 7.92. The highest BCUT2D eigenvalue weighted by Gasteiger charge is 2.31. The molecule has 0 bridgehead atoms. The highest BCUT2D eigenvalue weighted by Crippen LogP contribution is 2.22.